The average molecular weight is 285 g/mol. The smallest absolute Gasteiger partial charge is 0.200 e. The summed E-state index contributed by atoms with van der Waals surface area (Å²) < 4.78 is 10.2. The zero-order chi connectivity index (χ0) is 14.8. The van der Waals surface area contributed by atoms with Gasteiger partial charge in [0.25, 0.3) is 0 Å². The molecular weight excluding hydrogens is 262 g/mol. The van der Waals surface area contributed by atoms with Gasteiger partial charge in [-0.05, 0) is 25.5 Å². The molecule has 6 nitrogen and oxygen atoms in total. The van der Waals surface area contributed by atoms with Gasteiger partial charge in [0, 0.05) is 25.8 Å². The van der Waals surface area contributed by atoms with Crippen LogP contribution in [0.3, 0.4) is 0 Å². The van der Waals surface area contributed by atoms with Crippen LogP contribution in [-0.4, -0.2) is 48.8 Å². The molecule has 0 aliphatic carbocycles. The number of hydrogen-bond donors (Lipinski definition) is 4. The van der Waals surface area contributed by atoms with Crippen LogP contribution >= 0.6 is 0 Å². The van der Waals surface area contributed by atoms with Crippen LogP contribution in [0, 0.1) is 0 Å². The van der Waals surface area contributed by atoms with Crippen LogP contribution in [0.25, 0.3) is 0 Å². The van der Waals surface area contributed by atoms with E-state index in [1.165, 1.54) is 6.07 Å². The minimum atomic E-state index is -0.476. The fraction of sp³-hybridized carbons (Fsp3) is 0.571. The molecule has 114 valence electrons. The monoisotopic (exact) mass is 285 g/mol. The third kappa shape index (κ3) is 5.64. The Morgan fingerprint density at radius 1 is 1.00 bits per heavy atom. The fourth-order valence-electron chi connectivity index (χ4n) is 1.67. The summed E-state index contributed by atoms with van der Waals surface area (Å²) >= 11 is 0. The summed E-state index contributed by atoms with van der Waals surface area (Å²) in [5, 5.41) is 31.4. The summed E-state index contributed by atoms with van der Waals surface area (Å²) in [6.45, 7) is 3.15. The molecule has 0 aliphatic rings. The van der Waals surface area contributed by atoms with E-state index >= 15 is 0 Å². The zero-order valence-corrected chi connectivity index (χ0v) is 11.8. The van der Waals surface area contributed by atoms with Gasteiger partial charge < -0.3 is 30.1 Å². The van der Waals surface area contributed by atoms with Crippen molar-refractivity contribution in [2.45, 2.75) is 19.4 Å². The van der Waals surface area contributed by atoms with Crippen LogP contribution in [0.2, 0.25) is 0 Å². The first-order chi connectivity index (χ1) is 9.66. The van der Waals surface area contributed by atoms with Crippen molar-refractivity contribution < 1.29 is 24.8 Å². The molecule has 0 radical (unpaired) electrons. The van der Waals surface area contributed by atoms with Crippen molar-refractivity contribution in [1.29, 1.82) is 0 Å². The Kier molecular flexibility index (Phi) is 7.79. The zero-order valence-electron chi connectivity index (χ0n) is 11.8. The van der Waals surface area contributed by atoms with Gasteiger partial charge in [0.15, 0.2) is 11.5 Å². The van der Waals surface area contributed by atoms with Gasteiger partial charge in [0.2, 0.25) is 5.75 Å². The Morgan fingerprint density at radius 3 is 2.55 bits per heavy atom. The van der Waals surface area contributed by atoms with E-state index < -0.39 is 5.75 Å². The first-order valence-corrected chi connectivity index (χ1v) is 6.67. The third-order valence-electron chi connectivity index (χ3n) is 2.85. The highest BCUT2D eigenvalue weighted by Crippen LogP contribution is 2.36. The Labute approximate surface area is 119 Å². The van der Waals surface area contributed by atoms with Crippen molar-refractivity contribution in [2.24, 2.45) is 0 Å². The van der Waals surface area contributed by atoms with Gasteiger partial charge in [-0.25, -0.2) is 0 Å². The van der Waals surface area contributed by atoms with E-state index in [9.17, 15) is 15.3 Å². The van der Waals surface area contributed by atoms with Gasteiger partial charge in [0.05, 0.1) is 13.2 Å². The van der Waals surface area contributed by atoms with E-state index in [0.717, 1.165) is 19.4 Å². The Morgan fingerprint density at radius 2 is 1.80 bits per heavy atom. The van der Waals surface area contributed by atoms with E-state index in [1.54, 1.807) is 13.2 Å². The number of phenolic OH excluding ortho intramolecular Hbond substituents is 3. The minimum absolute atomic E-state index is 0.277. The number of unbranched alkanes of at least 4 members (excludes halogenated alkanes) is 1. The highest BCUT2D eigenvalue weighted by Gasteiger charge is 2.10. The molecule has 0 unspecified atom stereocenters. The lowest BCUT2D eigenvalue weighted by molar-refractivity contribution is 0.0688. The number of phenols is 3. The molecule has 0 amide bonds. The quantitative estimate of drug-likeness (QED) is 0.383. The third-order valence-corrected chi connectivity index (χ3v) is 2.85. The molecule has 1 aromatic carbocycles. The van der Waals surface area contributed by atoms with Crippen LogP contribution in [-0.2, 0) is 16.0 Å². The van der Waals surface area contributed by atoms with Gasteiger partial charge in [-0.1, -0.05) is 6.07 Å². The molecule has 0 fully saturated rings. The van der Waals surface area contributed by atoms with Crippen molar-refractivity contribution in [3.05, 3.63) is 17.7 Å². The molecule has 0 atom stereocenters. The molecule has 0 aromatic heterocycles. The highest BCUT2D eigenvalue weighted by molar-refractivity contribution is 5.52. The number of benzene rings is 1. The summed E-state index contributed by atoms with van der Waals surface area (Å²) in [4.78, 5) is 0. The van der Waals surface area contributed by atoms with E-state index in [2.05, 4.69) is 5.32 Å². The first kappa shape index (κ1) is 16.6. The average Bonchev–Trinajstić information content (AvgIpc) is 2.45. The van der Waals surface area contributed by atoms with Gasteiger partial charge in [-0.15, -0.1) is 0 Å². The van der Waals surface area contributed by atoms with E-state index in [1.807, 2.05) is 0 Å². The predicted molar refractivity (Wildman–Crippen MR) is 75.1 cm³/mol. The molecule has 1 rings (SSSR count). The van der Waals surface area contributed by atoms with E-state index in [0.29, 0.717) is 31.9 Å². The standard InChI is InChI=1S/C14H23NO5/c1-19-8-9-20-7-3-2-6-15-10-11-4-5-12(16)14(18)13(11)17/h4-5,15-18H,2-3,6-10H2,1H3. The predicted octanol–water partition coefficient (Wildman–Crippen LogP) is 1.34. The maximum Gasteiger partial charge on any atom is 0.200 e. The molecule has 0 spiro atoms. The second-order valence-corrected chi connectivity index (χ2v) is 4.43. The Bertz CT molecular complexity index is 397. The molecule has 0 aliphatic heterocycles. The lowest BCUT2D eigenvalue weighted by atomic mass is 10.1. The maximum atomic E-state index is 9.62. The topological polar surface area (TPSA) is 91.2 Å². The van der Waals surface area contributed by atoms with E-state index in [-0.39, 0.29) is 11.5 Å². The fourth-order valence-corrected chi connectivity index (χ4v) is 1.67. The SMILES string of the molecule is COCCOCCCCNCc1ccc(O)c(O)c1O. The van der Waals surface area contributed by atoms with Crippen molar-refractivity contribution in [3.8, 4) is 17.2 Å². The number of nitrogens with one attached hydrogen (secondary N) is 1. The Balaban J connectivity index is 2.11. The summed E-state index contributed by atoms with van der Waals surface area (Å²) in [5.74, 6) is -1.07. The lowest BCUT2D eigenvalue weighted by Gasteiger charge is -2.09. The number of ether oxygens (including phenoxy) is 2. The molecule has 4 N–H and O–H groups in total. The largest absolute Gasteiger partial charge is 0.504 e. The van der Waals surface area contributed by atoms with Crippen LogP contribution in [0.4, 0.5) is 0 Å². The molecule has 20 heavy (non-hydrogen) atoms. The van der Waals surface area contributed by atoms with Crippen LogP contribution < -0.4 is 5.32 Å². The van der Waals surface area contributed by atoms with Gasteiger partial charge in [0.1, 0.15) is 0 Å². The molecule has 0 saturated carbocycles. The second kappa shape index (κ2) is 9.41. The summed E-state index contributed by atoms with van der Waals surface area (Å²) in [5.41, 5.74) is 0.552. The maximum absolute atomic E-state index is 9.62. The number of methoxy groups -OCH3 is 1. The van der Waals surface area contributed by atoms with Crippen molar-refractivity contribution >= 4 is 0 Å². The number of hydrogen-bond acceptors (Lipinski definition) is 6. The highest BCUT2D eigenvalue weighted by atomic mass is 16.5. The van der Waals surface area contributed by atoms with Gasteiger partial charge in [-0.2, -0.15) is 0 Å². The molecule has 0 saturated heterocycles. The minimum Gasteiger partial charge on any atom is -0.504 e. The first-order valence-electron chi connectivity index (χ1n) is 6.67. The van der Waals surface area contributed by atoms with Crippen molar-refractivity contribution in [3.63, 3.8) is 0 Å². The molecule has 6 heteroatoms. The normalized spacial score (nSPS) is 10.8. The number of rotatable bonds is 10. The summed E-state index contributed by atoms with van der Waals surface area (Å²) in [6.07, 6.45) is 1.90. The lowest BCUT2D eigenvalue weighted by Crippen LogP contribution is -2.15. The van der Waals surface area contributed by atoms with Crippen LogP contribution in [0.5, 0.6) is 17.2 Å². The van der Waals surface area contributed by atoms with Crippen LogP contribution in [0.15, 0.2) is 12.1 Å². The number of aromatic hydroxyl groups is 3. The van der Waals surface area contributed by atoms with Gasteiger partial charge >= 0.3 is 0 Å². The molecule has 0 bridgehead atoms. The second-order valence-electron chi connectivity index (χ2n) is 4.43. The van der Waals surface area contributed by atoms with Crippen molar-refractivity contribution in [1.82, 2.24) is 5.32 Å². The molecule has 1 aromatic rings. The summed E-state index contributed by atoms with van der Waals surface area (Å²) in [7, 11) is 1.64. The summed E-state index contributed by atoms with van der Waals surface area (Å²) in [6, 6.07) is 2.93. The van der Waals surface area contributed by atoms with Gasteiger partial charge in [-0.3, -0.25) is 0 Å². The van der Waals surface area contributed by atoms with E-state index in [4.69, 9.17) is 9.47 Å². The Hall–Kier alpha value is -1.50. The molecular formula is C14H23NO5. The van der Waals surface area contributed by atoms with Crippen LogP contribution in [0.1, 0.15) is 18.4 Å². The van der Waals surface area contributed by atoms with Crippen molar-refractivity contribution in [2.75, 3.05) is 33.5 Å². The molecule has 0 heterocycles.